The lowest BCUT2D eigenvalue weighted by atomic mass is 10.1. The molecular formula is C23H23F6N5O5. The molecular weight excluding hydrogens is 540 g/mol. The lowest BCUT2D eigenvalue weighted by Gasteiger charge is -2.26. The van der Waals surface area contributed by atoms with Gasteiger partial charge in [-0.05, 0) is 30.5 Å². The zero-order valence-corrected chi connectivity index (χ0v) is 20.3. The minimum Gasteiger partial charge on any atom is -0.481 e. The molecule has 0 bridgehead atoms. The molecule has 2 aromatic rings. The number of ether oxygens (including phenoxy) is 1. The number of likely N-dealkylation sites (tertiary alicyclic amines) is 1. The first kappa shape index (κ1) is 31.1. The second-order valence-corrected chi connectivity index (χ2v) is 8.21. The maximum absolute atomic E-state index is 10.6. The highest BCUT2D eigenvalue weighted by molar-refractivity contribution is 5.73. The van der Waals surface area contributed by atoms with Gasteiger partial charge in [0.2, 0.25) is 5.88 Å². The van der Waals surface area contributed by atoms with E-state index in [0.29, 0.717) is 18.0 Å². The van der Waals surface area contributed by atoms with Crippen molar-refractivity contribution in [3.05, 3.63) is 47.8 Å². The first-order valence-corrected chi connectivity index (χ1v) is 11.1. The summed E-state index contributed by atoms with van der Waals surface area (Å²) in [4.78, 5) is 31.3. The van der Waals surface area contributed by atoms with Gasteiger partial charge in [-0.15, -0.1) is 0 Å². The number of halogens is 6. The van der Waals surface area contributed by atoms with E-state index in [1.807, 2.05) is 24.3 Å². The second kappa shape index (κ2) is 13.1. The smallest absolute Gasteiger partial charge is 0.481 e. The van der Waals surface area contributed by atoms with Crippen LogP contribution in [-0.4, -0.2) is 81.7 Å². The number of rotatable bonds is 4. The number of nitriles is 1. The third-order valence-corrected chi connectivity index (χ3v) is 5.75. The number of hydrogen-bond donors (Lipinski definition) is 2. The van der Waals surface area contributed by atoms with E-state index in [4.69, 9.17) is 29.8 Å². The van der Waals surface area contributed by atoms with Crippen molar-refractivity contribution in [1.29, 1.82) is 5.26 Å². The number of nitrogens with zero attached hydrogens (tertiary/aromatic N) is 5. The summed E-state index contributed by atoms with van der Waals surface area (Å²) in [5.41, 5.74) is 1.94. The topological polar surface area (TPSA) is 140 Å². The van der Waals surface area contributed by atoms with E-state index in [0.717, 1.165) is 43.9 Å². The molecule has 0 amide bonds. The van der Waals surface area contributed by atoms with Crippen molar-refractivity contribution in [3.63, 3.8) is 0 Å². The lowest BCUT2D eigenvalue weighted by molar-refractivity contribution is -0.193. The van der Waals surface area contributed by atoms with Gasteiger partial charge in [0.05, 0.1) is 18.7 Å². The SMILES string of the molecule is COc1cc(N2CC[C@@H]3[C@@H]2CCN3Cc2cccc(C#N)c2)ncn1.O=C(O)C(F)(F)F.O=C(O)C(F)(F)F. The van der Waals surface area contributed by atoms with Gasteiger partial charge in [0.15, 0.2) is 0 Å². The molecule has 3 heterocycles. The third kappa shape index (κ3) is 8.99. The molecule has 2 N–H and O–H groups in total. The van der Waals surface area contributed by atoms with Crippen molar-refractivity contribution in [2.24, 2.45) is 0 Å². The Bertz CT molecular complexity index is 1160. The van der Waals surface area contributed by atoms with Crippen LogP contribution in [0.4, 0.5) is 32.2 Å². The number of fused-ring (bicyclic) bond motifs is 1. The Labute approximate surface area is 218 Å². The number of carboxylic acid groups (broad SMARTS) is 2. The zero-order valence-electron chi connectivity index (χ0n) is 20.3. The van der Waals surface area contributed by atoms with Crippen LogP contribution in [0.25, 0.3) is 0 Å². The molecule has 212 valence electrons. The Morgan fingerprint density at radius 2 is 1.62 bits per heavy atom. The Morgan fingerprint density at radius 3 is 2.15 bits per heavy atom. The monoisotopic (exact) mass is 563 g/mol. The molecule has 10 nitrogen and oxygen atoms in total. The number of carboxylic acids is 2. The molecule has 39 heavy (non-hydrogen) atoms. The van der Waals surface area contributed by atoms with Crippen LogP contribution in [0.2, 0.25) is 0 Å². The number of alkyl halides is 6. The number of aliphatic carboxylic acids is 2. The van der Waals surface area contributed by atoms with E-state index in [9.17, 15) is 26.3 Å². The summed E-state index contributed by atoms with van der Waals surface area (Å²) in [5.74, 6) is -3.95. The van der Waals surface area contributed by atoms with Crippen molar-refractivity contribution in [2.75, 3.05) is 25.1 Å². The van der Waals surface area contributed by atoms with Crippen molar-refractivity contribution < 1.29 is 50.9 Å². The van der Waals surface area contributed by atoms with Crippen LogP contribution in [0.1, 0.15) is 24.0 Å². The van der Waals surface area contributed by atoms with Gasteiger partial charge >= 0.3 is 24.3 Å². The Morgan fingerprint density at radius 1 is 1.03 bits per heavy atom. The first-order chi connectivity index (χ1) is 18.2. The van der Waals surface area contributed by atoms with Crippen molar-refractivity contribution in [3.8, 4) is 11.9 Å². The van der Waals surface area contributed by atoms with Crippen LogP contribution >= 0.6 is 0 Å². The molecule has 1 aromatic heterocycles. The normalized spacial score (nSPS) is 18.6. The molecule has 0 unspecified atom stereocenters. The Hall–Kier alpha value is -4.13. The van der Waals surface area contributed by atoms with Crippen LogP contribution in [0.15, 0.2) is 36.7 Å². The van der Waals surface area contributed by atoms with Gasteiger partial charge in [-0.25, -0.2) is 19.6 Å². The Kier molecular flexibility index (Phi) is 10.4. The predicted molar refractivity (Wildman–Crippen MR) is 122 cm³/mol. The van der Waals surface area contributed by atoms with Crippen molar-refractivity contribution in [1.82, 2.24) is 14.9 Å². The number of carbonyl (C=O) groups is 2. The molecule has 2 atom stereocenters. The molecule has 2 aliphatic heterocycles. The third-order valence-electron chi connectivity index (χ3n) is 5.75. The highest BCUT2D eigenvalue weighted by Crippen LogP contribution is 2.35. The van der Waals surface area contributed by atoms with Gasteiger partial charge < -0.3 is 19.8 Å². The highest BCUT2D eigenvalue weighted by Gasteiger charge is 2.43. The fraction of sp³-hybridized carbons (Fsp3) is 0.435. The predicted octanol–water partition coefficient (Wildman–Crippen LogP) is 3.48. The maximum Gasteiger partial charge on any atom is 0.490 e. The second-order valence-electron chi connectivity index (χ2n) is 8.21. The Balaban J connectivity index is 0.000000317. The zero-order chi connectivity index (χ0) is 29.4. The van der Waals surface area contributed by atoms with Gasteiger partial charge in [0, 0.05) is 37.8 Å². The fourth-order valence-electron chi connectivity index (χ4n) is 4.13. The molecule has 1 aromatic carbocycles. The minimum atomic E-state index is -5.08. The van der Waals surface area contributed by atoms with E-state index in [-0.39, 0.29) is 0 Å². The van der Waals surface area contributed by atoms with Crippen molar-refractivity contribution >= 4 is 17.8 Å². The summed E-state index contributed by atoms with van der Waals surface area (Å²) < 4.78 is 68.7. The fourth-order valence-corrected chi connectivity index (χ4v) is 4.13. The average Bonchev–Trinajstić information content (AvgIpc) is 3.47. The number of anilines is 1. The van der Waals surface area contributed by atoms with Gasteiger partial charge in [0.25, 0.3) is 0 Å². The number of aromatic nitrogens is 2. The summed E-state index contributed by atoms with van der Waals surface area (Å²) in [6.45, 7) is 2.98. The van der Waals surface area contributed by atoms with Crippen LogP contribution in [-0.2, 0) is 16.1 Å². The molecule has 4 rings (SSSR count). The first-order valence-electron chi connectivity index (χ1n) is 11.1. The van der Waals surface area contributed by atoms with Crippen LogP contribution in [0, 0.1) is 11.3 Å². The number of hydrogen-bond acceptors (Lipinski definition) is 8. The molecule has 2 fully saturated rings. The average molecular weight is 563 g/mol. The van der Waals surface area contributed by atoms with Gasteiger partial charge in [-0.3, -0.25) is 4.90 Å². The van der Waals surface area contributed by atoms with Gasteiger partial charge in [0.1, 0.15) is 12.1 Å². The highest BCUT2D eigenvalue weighted by atomic mass is 19.4. The van der Waals surface area contributed by atoms with Crippen LogP contribution in [0.3, 0.4) is 0 Å². The van der Waals surface area contributed by atoms with Crippen molar-refractivity contribution in [2.45, 2.75) is 43.8 Å². The quantitative estimate of drug-likeness (QED) is 0.532. The minimum absolute atomic E-state index is 0.485. The summed E-state index contributed by atoms with van der Waals surface area (Å²) >= 11 is 0. The molecule has 0 aliphatic carbocycles. The van der Waals surface area contributed by atoms with Gasteiger partial charge in [-0.1, -0.05) is 12.1 Å². The standard InChI is InChI=1S/C19H21N5O.2C2HF3O2/c1-25-19-10-18(21-13-22-19)24-8-6-16-17(24)5-7-23(16)12-15-4-2-3-14(9-15)11-20;2*3-2(4,5)1(6)7/h2-4,9-10,13,16-17H,5-8,12H2,1H3;2*(H,6,7)/t16-,17+;;/m1../s1. The van der Waals surface area contributed by atoms with Crippen LogP contribution < -0.4 is 9.64 Å². The molecule has 2 aliphatic rings. The summed E-state index contributed by atoms with van der Waals surface area (Å²) in [6.07, 6.45) is -6.33. The molecule has 0 saturated carbocycles. The lowest BCUT2D eigenvalue weighted by Crippen LogP contribution is -2.36. The summed E-state index contributed by atoms with van der Waals surface area (Å²) in [6, 6.07) is 13.1. The number of benzene rings is 1. The molecule has 16 heteroatoms. The van der Waals surface area contributed by atoms with E-state index >= 15 is 0 Å². The molecule has 0 radical (unpaired) electrons. The maximum atomic E-state index is 10.6. The number of methoxy groups -OCH3 is 1. The van der Waals surface area contributed by atoms with E-state index < -0.39 is 24.3 Å². The summed E-state index contributed by atoms with van der Waals surface area (Å²) in [5, 5.41) is 23.3. The van der Waals surface area contributed by atoms with Crippen LogP contribution in [0.5, 0.6) is 5.88 Å². The van der Waals surface area contributed by atoms with E-state index in [1.165, 1.54) is 5.56 Å². The summed E-state index contributed by atoms with van der Waals surface area (Å²) in [7, 11) is 1.63. The molecule has 2 saturated heterocycles. The van der Waals surface area contributed by atoms with E-state index in [1.54, 1.807) is 13.4 Å². The largest absolute Gasteiger partial charge is 0.490 e. The van der Waals surface area contributed by atoms with Gasteiger partial charge in [-0.2, -0.15) is 31.6 Å². The van der Waals surface area contributed by atoms with E-state index in [2.05, 4.69) is 31.9 Å². The molecule has 0 spiro atoms.